The molecule has 0 fully saturated rings. The lowest BCUT2D eigenvalue weighted by molar-refractivity contribution is 0.507. The maximum Gasteiger partial charge on any atom is 0.160 e. The molecule has 1 rings (SSSR count). The molecule has 0 aliphatic heterocycles. The van der Waals surface area contributed by atoms with Crippen molar-refractivity contribution >= 4 is 0 Å². The zero-order valence-electron chi connectivity index (χ0n) is 7.86. The van der Waals surface area contributed by atoms with E-state index in [4.69, 9.17) is 5.26 Å². The van der Waals surface area contributed by atoms with Gasteiger partial charge < -0.3 is 0 Å². The highest BCUT2D eigenvalue weighted by atomic mass is 19.2. The molecule has 0 atom stereocenters. The summed E-state index contributed by atoms with van der Waals surface area (Å²) in [6, 6.07) is 3.66. The van der Waals surface area contributed by atoms with Crippen molar-refractivity contribution in [3.05, 3.63) is 34.9 Å². The van der Waals surface area contributed by atoms with Crippen LogP contribution in [0.5, 0.6) is 0 Å². The van der Waals surface area contributed by atoms with Crippen LogP contribution < -0.4 is 0 Å². The monoisotopic (exact) mass is 183 g/mol. The zero-order valence-corrected chi connectivity index (χ0v) is 7.86. The van der Waals surface area contributed by atoms with Gasteiger partial charge in [-0.1, -0.05) is 13.8 Å². The summed E-state index contributed by atoms with van der Waals surface area (Å²) in [4.78, 5) is 0. The standard InChI is InChI=1S/C8H5F2N.C2H6/c1-5-2-7(9)8(10)3-6(5)4-11;1-2/h2-3H,1H3;1-2H3. The van der Waals surface area contributed by atoms with Gasteiger partial charge in [-0.15, -0.1) is 0 Å². The van der Waals surface area contributed by atoms with Crippen molar-refractivity contribution in [1.82, 2.24) is 0 Å². The van der Waals surface area contributed by atoms with Gasteiger partial charge in [0.2, 0.25) is 0 Å². The Morgan fingerprint density at radius 1 is 1.15 bits per heavy atom. The third kappa shape index (κ3) is 2.83. The molecule has 0 aliphatic carbocycles. The van der Waals surface area contributed by atoms with Gasteiger partial charge in [-0.05, 0) is 24.6 Å². The highest BCUT2D eigenvalue weighted by molar-refractivity contribution is 5.37. The van der Waals surface area contributed by atoms with E-state index in [1.807, 2.05) is 13.8 Å². The van der Waals surface area contributed by atoms with E-state index in [0.29, 0.717) is 5.56 Å². The Morgan fingerprint density at radius 2 is 1.62 bits per heavy atom. The summed E-state index contributed by atoms with van der Waals surface area (Å²) in [7, 11) is 0. The summed E-state index contributed by atoms with van der Waals surface area (Å²) in [6.45, 7) is 5.56. The number of nitrogens with zero attached hydrogens (tertiary/aromatic N) is 1. The van der Waals surface area contributed by atoms with Gasteiger partial charge in [0.15, 0.2) is 11.6 Å². The molecule has 0 saturated heterocycles. The molecule has 0 saturated carbocycles. The van der Waals surface area contributed by atoms with E-state index >= 15 is 0 Å². The Bertz CT molecular complexity index is 326. The molecule has 0 bridgehead atoms. The quantitative estimate of drug-likeness (QED) is 0.606. The van der Waals surface area contributed by atoms with Gasteiger partial charge in [-0.2, -0.15) is 5.26 Å². The molecule has 0 amide bonds. The van der Waals surface area contributed by atoms with E-state index < -0.39 is 11.6 Å². The van der Waals surface area contributed by atoms with E-state index in [9.17, 15) is 8.78 Å². The summed E-state index contributed by atoms with van der Waals surface area (Å²) in [6.07, 6.45) is 0. The average Bonchev–Trinajstić information content (AvgIpc) is 2.15. The summed E-state index contributed by atoms with van der Waals surface area (Å²) in [5, 5.41) is 8.39. The Kier molecular flexibility index (Phi) is 4.68. The van der Waals surface area contributed by atoms with Gasteiger partial charge in [0.05, 0.1) is 11.6 Å². The van der Waals surface area contributed by atoms with Crippen molar-refractivity contribution in [1.29, 1.82) is 5.26 Å². The molecule has 0 unspecified atom stereocenters. The van der Waals surface area contributed by atoms with E-state index in [1.54, 1.807) is 13.0 Å². The number of hydrogen-bond acceptors (Lipinski definition) is 1. The fourth-order valence-electron chi connectivity index (χ4n) is 0.767. The van der Waals surface area contributed by atoms with E-state index in [-0.39, 0.29) is 5.56 Å². The topological polar surface area (TPSA) is 23.8 Å². The lowest BCUT2D eigenvalue weighted by Crippen LogP contribution is -1.89. The van der Waals surface area contributed by atoms with Crippen LogP contribution in [0.4, 0.5) is 8.78 Å². The van der Waals surface area contributed by atoms with Crippen LogP contribution in [0.2, 0.25) is 0 Å². The second-order valence-corrected chi connectivity index (χ2v) is 2.19. The fraction of sp³-hybridized carbons (Fsp3) is 0.300. The second-order valence-electron chi connectivity index (χ2n) is 2.19. The van der Waals surface area contributed by atoms with Crippen molar-refractivity contribution in [3.63, 3.8) is 0 Å². The third-order valence-electron chi connectivity index (χ3n) is 1.39. The van der Waals surface area contributed by atoms with Crippen LogP contribution in [0, 0.1) is 29.9 Å². The Hall–Kier alpha value is -1.43. The van der Waals surface area contributed by atoms with Crippen molar-refractivity contribution < 1.29 is 8.78 Å². The third-order valence-corrected chi connectivity index (χ3v) is 1.39. The van der Waals surface area contributed by atoms with E-state index in [0.717, 1.165) is 12.1 Å². The molecule has 0 radical (unpaired) electrons. The van der Waals surface area contributed by atoms with Crippen LogP contribution in [0.1, 0.15) is 25.0 Å². The van der Waals surface area contributed by atoms with Crippen LogP contribution >= 0.6 is 0 Å². The van der Waals surface area contributed by atoms with Gasteiger partial charge in [-0.25, -0.2) is 8.78 Å². The van der Waals surface area contributed by atoms with Crippen LogP contribution in [-0.4, -0.2) is 0 Å². The molecule has 1 aromatic carbocycles. The Balaban J connectivity index is 0.000000671. The summed E-state index contributed by atoms with van der Waals surface area (Å²) < 4.78 is 24.8. The number of aryl methyl sites for hydroxylation is 1. The Labute approximate surface area is 76.6 Å². The maximum absolute atomic E-state index is 12.4. The van der Waals surface area contributed by atoms with Crippen molar-refractivity contribution in [2.24, 2.45) is 0 Å². The molecule has 0 aliphatic rings. The zero-order chi connectivity index (χ0) is 10.4. The van der Waals surface area contributed by atoms with Crippen LogP contribution in [0.15, 0.2) is 12.1 Å². The molecule has 0 aromatic heterocycles. The molecule has 0 N–H and O–H groups in total. The number of benzene rings is 1. The van der Waals surface area contributed by atoms with Gasteiger partial charge in [0.1, 0.15) is 0 Å². The van der Waals surface area contributed by atoms with Gasteiger partial charge in [-0.3, -0.25) is 0 Å². The van der Waals surface area contributed by atoms with E-state index in [1.165, 1.54) is 0 Å². The van der Waals surface area contributed by atoms with Gasteiger partial charge in [0.25, 0.3) is 0 Å². The molecule has 70 valence electrons. The number of hydrogen-bond donors (Lipinski definition) is 0. The van der Waals surface area contributed by atoms with Crippen LogP contribution in [-0.2, 0) is 0 Å². The Morgan fingerprint density at radius 3 is 2.08 bits per heavy atom. The molecule has 3 heteroatoms. The summed E-state index contributed by atoms with van der Waals surface area (Å²) in [5.74, 6) is -1.89. The van der Waals surface area contributed by atoms with Gasteiger partial charge in [0, 0.05) is 0 Å². The molecule has 0 heterocycles. The minimum atomic E-state index is -0.979. The molecular weight excluding hydrogens is 172 g/mol. The van der Waals surface area contributed by atoms with Crippen molar-refractivity contribution in [3.8, 4) is 6.07 Å². The summed E-state index contributed by atoms with van der Waals surface area (Å²) >= 11 is 0. The predicted octanol–water partition coefficient (Wildman–Crippen LogP) is 3.17. The predicted molar refractivity (Wildman–Crippen MR) is 47.2 cm³/mol. The van der Waals surface area contributed by atoms with E-state index in [2.05, 4.69) is 0 Å². The second kappa shape index (κ2) is 5.26. The minimum absolute atomic E-state index is 0.170. The minimum Gasteiger partial charge on any atom is -0.204 e. The summed E-state index contributed by atoms with van der Waals surface area (Å²) in [5.41, 5.74) is 0.621. The average molecular weight is 183 g/mol. The highest BCUT2D eigenvalue weighted by Gasteiger charge is 2.05. The molecular formula is C10H11F2N. The van der Waals surface area contributed by atoms with Crippen LogP contribution in [0.25, 0.3) is 0 Å². The molecule has 1 aromatic rings. The number of nitriles is 1. The maximum atomic E-state index is 12.4. The van der Waals surface area contributed by atoms with Crippen molar-refractivity contribution in [2.45, 2.75) is 20.8 Å². The normalized spacial score (nSPS) is 8.31. The first-order valence-corrected chi connectivity index (χ1v) is 4.01. The number of halogens is 2. The highest BCUT2D eigenvalue weighted by Crippen LogP contribution is 2.12. The molecule has 13 heavy (non-hydrogen) atoms. The SMILES string of the molecule is CC.Cc1cc(F)c(F)cc1C#N. The first-order valence-electron chi connectivity index (χ1n) is 4.01. The largest absolute Gasteiger partial charge is 0.204 e. The lowest BCUT2D eigenvalue weighted by Gasteiger charge is -1.96. The first-order chi connectivity index (χ1) is 6.15. The molecule has 1 nitrogen and oxygen atoms in total. The fourth-order valence-corrected chi connectivity index (χ4v) is 0.767. The lowest BCUT2D eigenvalue weighted by atomic mass is 10.1. The van der Waals surface area contributed by atoms with Crippen molar-refractivity contribution in [2.75, 3.05) is 0 Å². The number of rotatable bonds is 0. The smallest absolute Gasteiger partial charge is 0.160 e. The molecule has 0 spiro atoms. The van der Waals surface area contributed by atoms with Gasteiger partial charge >= 0.3 is 0 Å². The van der Waals surface area contributed by atoms with Crippen LogP contribution in [0.3, 0.4) is 0 Å². The first kappa shape index (κ1) is 11.6.